The molecule has 3 rings (SSSR count). The molecular weight excluding hydrogens is 480 g/mol. The first kappa shape index (κ1) is 29.0. The van der Waals surface area contributed by atoms with E-state index in [1.807, 2.05) is 43.9 Å². The Balaban J connectivity index is 1.74. The van der Waals surface area contributed by atoms with E-state index in [0.29, 0.717) is 37.8 Å². The molecule has 1 aliphatic carbocycles. The Morgan fingerprint density at radius 1 is 1.05 bits per heavy atom. The fraction of sp³-hybridized carbons (Fsp3) is 0.704. The molecule has 2 atom stereocenters. The van der Waals surface area contributed by atoms with E-state index in [1.54, 1.807) is 26.2 Å². The van der Waals surface area contributed by atoms with Crippen molar-refractivity contribution in [3.8, 4) is 11.5 Å². The van der Waals surface area contributed by atoms with Gasteiger partial charge in [0, 0.05) is 39.8 Å². The first-order valence-corrected chi connectivity index (χ1v) is 12.9. The molecule has 1 aromatic carbocycles. The number of morpholine rings is 1. The average molecular weight is 523 g/mol. The van der Waals surface area contributed by atoms with Crippen LogP contribution in [0, 0.1) is 0 Å². The highest BCUT2D eigenvalue weighted by Gasteiger charge is 2.41. The molecule has 0 bridgehead atoms. The standard InChI is InChI=1S/C27H42N2O8/c1-27(2,3)37-26(31)28-16-21(18-33-5)36-24(17-28)25(30)29(20-9-10-20)15-19-8-11-22(34-6)23(14-19)35-13-7-12-32-4/h8,11,14,20-21,24H,7,9-10,12-13,15-18H2,1-6H3/t21-,24?/m0/s1. The van der Waals surface area contributed by atoms with E-state index in [4.69, 9.17) is 28.4 Å². The third kappa shape index (κ3) is 8.76. The number of hydrogen-bond acceptors (Lipinski definition) is 8. The lowest BCUT2D eigenvalue weighted by molar-refractivity contribution is -0.161. The van der Waals surface area contributed by atoms with E-state index in [1.165, 1.54) is 0 Å². The summed E-state index contributed by atoms with van der Waals surface area (Å²) in [4.78, 5) is 30.0. The van der Waals surface area contributed by atoms with Gasteiger partial charge in [-0.05, 0) is 51.3 Å². The number of hydrogen-bond donors (Lipinski definition) is 0. The topological polar surface area (TPSA) is 96.0 Å². The maximum absolute atomic E-state index is 13.8. The van der Waals surface area contributed by atoms with E-state index in [-0.39, 0.29) is 25.1 Å². The molecule has 1 heterocycles. The molecule has 1 aromatic rings. The lowest BCUT2D eigenvalue weighted by Crippen LogP contribution is -2.57. The van der Waals surface area contributed by atoms with Crippen LogP contribution in [0.15, 0.2) is 18.2 Å². The number of rotatable bonds is 12. The van der Waals surface area contributed by atoms with E-state index >= 15 is 0 Å². The Kier molecular flexibility index (Phi) is 10.4. The second kappa shape index (κ2) is 13.3. The van der Waals surface area contributed by atoms with Gasteiger partial charge in [-0.3, -0.25) is 4.79 Å². The second-order valence-electron chi connectivity index (χ2n) is 10.5. The highest BCUT2D eigenvalue weighted by molar-refractivity contribution is 5.83. The molecule has 1 unspecified atom stereocenters. The maximum atomic E-state index is 13.8. The van der Waals surface area contributed by atoms with E-state index in [2.05, 4.69) is 0 Å². The van der Waals surface area contributed by atoms with Crippen LogP contribution in [0.25, 0.3) is 0 Å². The number of ether oxygens (including phenoxy) is 6. The smallest absolute Gasteiger partial charge is 0.410 e. The molecular formula is C27H42N2O8. The minimum absolute atomic E-state index is 0.133. The van der Waals surface area contributed by atoms with Crippen molar-refractivity contribution in [3.05, 3.63) is 23.8 Å². The molecule has 0 spiro atoms. The van der Waals surface area contributed by atoms with Crippen molar-refractivity contribution in [2.24, 2.45) is 0 Å². The highest BCUT2D eigenvalue weighted by Crippen LogP contribution is 2.33. The van der Waals surface area contributed by atoms with Gasteiger partial charge in [0.05, 0.1) is 39.5 Å². The SMILES string of the molecule is COCCCOc1cc(CN(C(=O)C2CN(C(=O)OC(C)(C)C)C[C@@H](COC)O2)C2CC2)ccc1OC. The molecule has 1 saturated heterocycles. The number of carbonyl (C=O) groups excluding carboxylic acids is 2. The zero-order valence-corrected chi connectivity index (χ0v) is 23.0. The van der Waals surface area contributed by atoms with Crippen molar-refractivity contribution in [2.75, 3.05) is 54.2 Å². The lowest BCUT2D eigenvalue weighted by atomic mass is 10.1. The molecule has 10 nitrogen and oxygen atoms in total. The van der Waals surface area contributed by atoms with Crippen molar-refractivity contribution < 1.29 is 38.0 Å². The molecule has 208 valence electrons. The van der Waals surface area contributed by atoms with Gasteiger partial charge in [-0.2, -0.15) is 0 Å². The van der Waals surface area contributed by atoms with Gasteiger partial charge in [-0.15, -0.1) is 0 Å². The maximum Gasteiger partial charge on any atom is 0.410 e. The van der Waals surface area contributed by atoms with Gasteiger partial charge in [0.25, 0.3) is 5.91 Å². The van der Waals surface area contributed by atoms with Gasteiger partial charge < -0.3 is 38.2 Å². The van der Waals surface area contributed by atoms with Crippen molar-refractivity contribution in [3.63, 3.8) is 0 Å². The van der Waals surface area contributed by atoms with Crippen LogP contribution < -0.4 is 9.47 Å². The van der Waals surface area contributed by atoms with E-state index < -0.39 is 23.9 Å². The first-order chi connectivity index (χ1) is 17.6. The Morgan fingerprint density at radius 3 is 2.43 bits per heavy atom. The van der Waals surface area contributed by atoms with Crippen LogP contribution in [0.1, 0.15) is 45.6 Å². The Labute approximate surface area is 220 Å². The molecule has 10 heteroatoms. The Hall–Kier alpha value is -2.56. The number of methoxy groups -OCH3 is 3. The third-order valence-corrected chi connectivity index (χ3v) is 6.05. The monoisotopic (exact) mass is 522 g/mol. The lowest BCUT2D eigenvalue weighted by Gasteiger charge is -2.39. The molecule has 0 radical (unpaired) electrons. The summed E-state index contributed by atoms with van der Waals surface area (Å²) < 4.78 is 33.4. The van der Waals surface area contributed by atoms with Gasteiger partial charge in [0.2, 0.25) is 0 Å². The van der Waals surface area contributed by atoms with Crippen LogP contribution >= 0.6 is 0 Å². The zero-order chi connectivity index (χ0) is 27.0. The van der Waals surface area contributed by atoms with Crippen molar-refractivity contribution in [2.45, 2.75) is 70.4 Å². The molecule has 37 heavy (non-hydrogen) atoms. The van der Waals surface area contributed by atoms with Crippen LogP contribution in [-0.2, 0) is 30.3 Å². The largest absolute Gasteiger partial charge is 0.493 e. The summed E-state index contributed by atoms with van der Waals surface area (Å²) in [6.45, 7) is 7.68. The summed E-state index contributed by atoms with van der Waals surface area (Å²) in [5.74, 6) is 1.12. The number of amides is 2. The molecule has 0 N–H and O–H groups in total. The summed E-state index contributed by atoms with van der Waals surface area (Å²) in [5, 5.41) is 0. The summed E-state index contributed by atoms with van der Waals surface area (Å²) >= 11 is 0. The van der Waals surface area contributed by atoms with Gasteiger partial charge >= 0.3 is 6.09 Å². The minimum atomic E-state index is -0.801. The Morgan fingerprint density at radius 2 is 1.81 bits per heavy atom. The van der Waals surface area contributed by atoms with Crippen LogP contribution in [-0.4, -0.2) is 99.9 Å². The average Bonchev–Trinajstić information content (AvgIpc) is 3.69. The highest BCUT2D eigenvalue weighted by atomic mass is 16.6. The van der Waals surface area contributed by atoms with Gasteiger partial charge in [0.1, 0.15) is 5.60 Å². The van der Waals surface area contributed by atoms with Crippen molar-refractivity contribution >= 4 is 12.0 Å². The fourth-order valence-electron chi connectivity index (χ4n) is 4.20. The predicted molar refractivity (Wildman–Crippen MR) is 137 cm³/mol. The van der Waals surface area contributed by atoms with E-state index in [0.717, 1.165) is 24.8 Å². The van der Waals surface area contributed by atoms with Crippen LogP contribution in [0.5, 0.6) is 11.5 Å². The molecule has 1 saturated carbocycles. The molecule has 2 amide bonds. The predicted octanol–water partition coefficient (Wildman–Crippen LogP) is 3.25. The summed E-state index contributed by atoms with van der Waals surface area (Å²) in [5.41, 5.74) is 0.291. The van der Waals surface area contributed by atoms with Crippen LogP contribution in [0.4, 0.5) is 4.79 Å². The fourth-order valence-corrected chi connectivity index (χ4v) is 4.20. The van der Waals surface area contributed by atoms with Crippen molar-refractivity contribution in [1.29, 1.82) is 0 Å². The quantitative estimate of drug-likeness (QED) is 0.386. The van der Waals surface area contributed by atoms with Gasteiger partial charge in [0.15, 0.2) is 17.6 Å². The van der Waals surface area contributed by atoms with Gasteiger partial charge in [-0.25, -0.2) is 4.79 Å². The molecule has 2 aliphatic rings. The number of benzene rings is 1. The Bertz CT molecular complexity index is 899. The van der Waals surface area contributed by atoms with Crippen molar-refractivity contribution in [1.82, 2.24) is 9.80 Å². The molecule has 2 fully saturated rings. The third-order valence-electron chi connectivity index (χ3n) is 6.05. The van der Waals surface area contributed by atoms with Crippen LogP contribution in [0.2, 0.25) is 0 Å². The minimum Gasteiger partial charge on any atom is -0.493 e. The summed E-state index contributed by atoms with van der Waals surface area (Å²) in [7, 11) is 4.83. The zero-order valence-electron chi connectivity index (χ0n) is 23.0. The first-order valence-electron chi connectivity index (χ1n) is 12.9. The summed E-state index contributed by atoms with van der Waals surface area (Å²) in [6.07, 6.45) is 0.947. The van der Waals surface area contributed by atoms with Crippen LogP contribution in [0.3, 0.4) is 0 Å². The normalized spacial score (nSPS) is 19.9. The number of nitrogens with zero attached hydrogens (tertiary/aromatic N) is 2. The molecule has 1 aliphatic heterocycles. The van der Waals surface area contributed by atoms with Gasteiger partial charge in [-0.1, -0.05) is 6.07 Å². The number of carbonyl (C=O) groups is 2. The second-order valence-corrected chi connectivity index (χ2v) is 10.5. The molecule has 0 aromatic heterocycles. The summed E-state index contributed by atoms with van der Waals surface area (Å²) in [6, 6.07) is 5.84. The van der Waals surface area contributed by atoms with E-state index in [9.17, 15) is 9.59 Å².